The van der Waals surface area contributed by atoms with Gasteiger partial charge in [-0.2, -0.15) is 13.2 Å². The molecule has 0 spiro atoms. The molecule has 2 heterocycles. The van der Waals surface area contributed by atoms with E-state index in [-0.39, 0.29) is 11.0 Å². The highest BCUT2D eigenvalue weighted by Crippen LogP contribution is 2.30. The van der Waals surface area contributed by atoms with Gasteiger partial charge in [0.25, 0.3) is 0 Å². The van der Waals surface area contributed by atoms with E-state index in [1.54, 1.807) is 4.90 Å². The molecule has 19 heavy (non-hydrogen) atoms. The summed E-state index contributed by atoms with van der Waals surface area (Å²) in [4.78, 5) is 10.6. The van der Waals surface area contributed by atoms with Gasteiger partial charge in [0.05, 0.1) is 0 Å². The van der Waals surface area contributed by atoms with E-state index in [2.05, 4.69) is 9.97 Å². The molecule has 8 heteroatoms. The molecule has 1 unspecified atom stereocenters. The monoisotopic (exact) mass is 294 g/mol. The minimum atomic E-state index is -4.58. The minimum Gasteiger partial charge on any atom is -0.355 e. The van der Waals surface area contributed by atoms with E-state index in [9.17, 15) is 13.2 Å². The Morgan fingerprint density at radius 1 is 1.37 bits per heavy atom. The number of alkyl halides is 3. The maximum absolute atomic E-state index is 12.6. The Morgan fingerprint density at radius 3 is 2.58 bits per heavy atom. The van der Waals surface area contributed by atoms with Gasteiger partial charge in [0.2, 0.25) is 5.82 Å². The van der Waals surface area contributed by atoms with Crippen molar-refractivity contribution in [3.63, 3.8) is 0 Å². The Labute approximate surface area is 114 Å². The van der Waals surface area contributed by atoms with Gasteiger partial charge in [0, 0.05) is 25.2 Å². The number of hydrogen-bond acceptors (Lipinski definition) is 4. The topological polar surface area (TPSA) is 32.3 Å². The van der Waals surface area contributed by atoms with E-state index in [0.29, 0.717) is 19.1 Å². The molecule has 0 saturated carbocycles. The molecule has 1 saturated heterocycles. The molecule has 0 amide bonds. The van der Waals surface area contributed by atoms with Crippen molar-refractivity contribution in [2.45, 2.75) is 18.6 Å². The van der Waals surface area contributed by atoms with Crippen LogP contribution in [0.3, 0.4) is 0 Å². The van der Waals surface area contributed by atoms with Crippen LogP contribution in [0.2, 0.25) is 5.15 Å². The predicted molar refractivity (Wildman–Crippen MR) is 66.3 cm³/mol. The highest BCUT2D eigenvalue weighted by atomic mass is 35.5. The van der Waals surface area contributed by atoms with Crippen molar-refractivity contribution >= 4 is 17.4 Å². The third kappa shape index (κ3) is 3.27. The zero-order valence-corrected chi connectivity index (χ0v) is 11.3. The fraction of sp³-hybridized carbons (Fsp3) is 0.636. The summed E-state index contributed by atoms with van der Waals surface area (Å²) in [5.74, 6) is -0.958. The summed E-state index contributed by atoms with van der Waals surface area (Å²) in [7, 11) is 3.89. The van der Waals surface area contributed by atoms with Crippen molar-refractivity contribution in [3.8, 4) is 0 Å². The number of anilines is 1. The minimum absolute atomic E-state index is 0.189. The Balaban J connectivity index is 2.24. The van der Waals surface area contributed by atoms with Gasteiger partial charge < -0.3 is 9.80 Å². The van der Waals surface area contributed by atoms with Gasteiger partial charge in [-0.25, -0.2) is 9.97 Å². The SMILES string of the molecule is CN(C)C1CCN(c2cc(Cl)nc(C(F)(F)F)n2)C1. The lowest BCUT2D eigenvalue weighted by atomic mass is 10.2. The molecule has 0 aliphatic carbocycles. The van der Waals surface area contributed by atoms with Crippen LogP contribution in [-0.2, 0) is 6.18 Å². The first-order valence-corrected chi connectivity index (χ1v) is 6.18. The van der Waals surface area contributed by atoms with Gasteiger partial charge in [0.1, 0.15) is 11.0 Å². The quantitative estimate of drug-likeness (QED) is 0.784. The highest BCUT2D eigenvalue weighted by Gasteiger charge is 2.36. The molecule has 106 valence electrons. The lowest BCUT2D eigenvalue weighted by Gasteiger charge is -2.21. The third-order valence-electron chi connectivity index (χ3n) is 3.15. The van der Waals surface area contributed by atoms with E-state index < -0.39 is 12.0 Å². The van der Waals surface area contributed by atoms with Gasteiger partial charge in [-0.05, 0) is 20.5 Å². The maximum Gasteiger partial charge on any atom is 0.451 e. The molecular weight excluding hydrogens is 281 g/mol. The fourth-order valence-corrected chi connectivity index (χ4v) is 2.24. The standard InChI is InChI=1S/C11H14ClF3N4/c1-18(2)7-3-4-19(6-7)9-5-8(12)16-10(17-9)11(13,14)15/h5,7H,3-4,6H2,1-2H3. The van der Waals surface area contributed by atoms with Crippen LogP contribution in [0.4, 0.5) is 19.0 Å². The van der Waals surface area contributed by atoms with Crippen molar-refractivity contribution in [1.82, 2.24) is 14.9 Å². The Kier molecular flexibility index (Phi) is 3.87. The average molecular weight is 295 g/mol. The van der Waals surface area contributed by atoms with Gasteiger partial charge in [-0.1, -0.05) is 11.6 Å². The Hall–Kier alpha value is -1.08. The second-order valence-electron chi connectivity index (χ2n) is 4.72. The summed E-state index contributed by atoms with van der Waals surface area (Å²) in [6, 6.07) is 1.68. The van der Waals surface area contributed by atoms with E-state index in [0.717, 1.165) is 6.42 Å². The van der Waals surface area contributed by atoms with Crippen LogP contribution < -0.4 is 4.90 Å². The van der Waals surface area contributed by atoms with Gasteiger partial charge in [-0.3, -0.25) is 0 Å². The molecule has 1 atom stereocenters. The van der Waals surface area contributed by atoms with E-state index >= 15 is 0 Å². The molecule has 1 aromatic rings. The molecule has 1 aromatic heterocycles. The maximum atomic E-state index is 12.6. The zero-order valence-electron chi connectivity index (χ0n) is 10.6. The summed E-state index contributed by atoms with van der Waals surface area (Å²) in [5.41, 5.74) is 0. The smallest absolute Gasteiger partial charge is 0.355 e. The van der Waals surface area contributed by atoms with E-state index in [1.807, 2.05) is 19.0 Å². The first-order chi connectivity index (χ1) is 8.77. The van der Waals surface area contributed by atoms with Crippen LogP contribution in [-0.4, -0.2) is 48.1 Å². The third-order valence-corrected chi connectivity index (χ3v) is 3.35. The molecule has 0 N–H and O–H groups in total. The van der Waals surface area contributed by atoms with Crippen molar-refractivity contribution in [3.05, 3.63) is 17.0 Å². The lowest BCUT2D eigenvalue weighted by Crippen LogP contribution is -2.32. The summed E-state index contributed by atoms with van der Waals surface area (Å²) in [6.45, 7) is 1.30. The van der Waals surface area contributed by atoms with Crippen molar-refractivity contribution in [2.75, 3.05) is 32.1 Å². The summed E-state index contributed by atoms with van der Waals surface area (Å²) in [5, 5.41) is -0.189. The second-order valence-corrected chi connectivity index (χ2v) is 5.11. The van der Waals surface area contributed by atoms with Crippen LogP contribution in [0.25, 0.3) is 0 Å². The van der Waals surface area contributed by atoms with Crippen molar-refractivity contribution < 1.29 is 13.2 Å². The summed E-state index contributed by atoms with van der Waals surface area (Å²) >= 11 is 5.65. The van der Waals surface area contributed by atoms with Crippen molar-refractivity contribution in [2.24, 2.45) is 0 Å². The molecule has 1 aliphatic rings. The van der Waals surface area contributed by atoms with Gasteiger partial charge >= 0.3 is 6.18 Å². The van der Waals surface area contributed by atoms with Crippen LogP contribution >= 0.6 is 11.6 Å². The van der Waals surface area contributed by atoms with Gasteiger partial charge in [-0.15, -0.1) is 0 Å². The molecule has 0 aromatic carbocycles. The second kappa shape index (κ2) is 5.13. The number of hydrogen-bond donors (Lipinski definition) is 0. The first-order valence-electron chi connectivity index (χ1n) is 5.80. The van der Waals surface area contributed by atoms with Crippen LogP contribution in [0.1, 0.15) is 12.2 Å². The fourth-order valence-electron chi connectivity index (χ4n) is 2.07. The number of likely N-dealkylation sites (N-methyl/N-ethyl adjacent to an activating group) is 1. The molecule has 1 aliphatic heterocycles. The largest absolute Gasteiger partial charge is 0.451 e. The van der Waals surface area contributed by atoms with Crippen LogP contribution in [0, 0.1) is 0 Å². The molecule has 2 rings (SSSR count). The van der Waals surface area contributed by atoms with E-state index in [1.165, 1.54) is 6.07 Å². The Bertz CT molecular complexity index is 464. The predicted octanol–water partition coefficient (Wildman–Crippen LogP) is 2.29. The van der Waals surface area contributed by atoms with E-state index in [4.69, 9.17) is 11.6 Å². The number of aromatic nitrogens is 2. The lowest BCUT2D eigenvalue weighted by molar-refractivity contribution is -0.144. The molecular formula is C11H14ClF3N4. The van der Waals surface area contributed by atoms with Crippen molar-refractivity contribution in [1.29, 1.82) is 0 Å². The number of halogens is 4. The first kappa shape index (κ1) is 14.3. The molecule has 4 nitrogen and oxygen atoms in total. The zero-order chi connectivity index (χ0) is 14.2. The number of nitrogens with zero attached hydrogens (tertiary/aromatic N) is 4. The van der Waals surface area contributed by atoms with Gasteiger partial charge in [0.15, 0.2) is 0 Å². The molecule has 0 radical (unpaired) electrons. The average Bonchev–Trinajstić information content (AvgIpc) is 2.76. The molecule has 1 fully saturated rings. The highest BCUT2D eigenvalue weighted by molar-refractivity contribution is 6.29. The number of rotatable bonds is 2. The summed E-state index contributed by atoms with van der Waals surface area (Å²) in [6.07, 6.45) is -3.70. The Morgan fingerprint density at radius 2 is 2.05 bits per heavy atom. The molecule has 0 bridgehead atoms. The van der Waals surface area contributed by atoms with Crippen LogP contribution in [0.5, 0.6) is 0 Å². The summed E-state index contributed by atoms with van der Waals surface area (Å²) < 4.78 is 37.9. The normalized spacial score (nSPS) is 20.4. The van der Waals surface area contributed by atoms with Crippen LogP contribution in [0.15, 0.2) is 6.07 Å².